The number of carbonyl (C=O) groups is 2. The highest BCUT2D eigenvalue weighted by Gasteiger charge is 2.42. The van der Waals surface area contributed by atoms with Crippen LogP contribution in [0.25, 0.3) is 0 Å². The van der Waals surface area contributed by atoms with Crippen molar-refractivity contribution >= 4 is 11.8 Å². The van der Waals surface area contributed by atoms with Gasteiger partial charge in [-0.2, -0.15) is 0 Å². The van der Waals surface area contributed by atoms with Crippen molar-refractivity contribution in [2.75, 3.05) is 6.54 Å². The summed E-state index contributed by atoms with van der Waals surface area (Å²) in [5, 5.41) is 10.0. The van der Waals surface area contributed by atoms with Crippen molar-refractivity contribution in [3.05, 3.63) is 35.9 Å². The van der Waals surface area contributed by atoms with Gasteiger partial charge in [-0.3, -0.25) is 14.5 Å². The third-order valence-corrected chi connectivity index (χ3v) is 4.06. The fourth-order valence-corrected chi connectivity index (χ4v) is 2.49. The number of rotatable bonds is 5. The van der Waals surface area contributed by atoms with Crippen LogP contribution in [0.2, 0.25) is 0 Å². The second-order valence-corrected chi connectivity index (χ2v) is 5.54. The summed E-state index contributed by atoms with van der Waals surface area (Å²) in [6, 6.07) is 9.87. The second-order valence-electron chi connectivity index (χ2n) is 5.54. The van der Waals surface area contributed by atoms with Crippen LogP contribution in [0.4, 0.5) is 0 Å². The van der Waals surface area contributed by atoms with Crippen molar-refractivity contribution < 1.29 is 14.7 Å². The summed E-state index contributed by atoms with van der Waals surface area (Å²) in [5.41, 5.74) is 1.15. The molecule has 4 heteroatoms. The van der Waals surface area contributed by atoms with Gasteiger partial charge in [0.1, 0.15) is 0 Å². The topological polar surface area (TPSA) is 57.6 Å². The van der Waals surface area contributed by atoms with E-state index in [4.69, 9.17) is 0 Å². The molecule has 0 spiro atoms. The maximum atomic E-state index is 11.9. The van der Waals surface area contributed by atoms with E-state index in [1.807, 2.05) is 30.3 Å². The molecule has 2 rings (SSSR count). The molecule has 0 bridgehead atoms. The van der Waals surface area contributed by atoms with Crippen LogP contribution in [0.5, 0.6) is 0 Å². The SMILES string of the molecule is C[C@@H]1C(=O)N(C[C@H](O)CCc2ccccc2)C(=O)[C@H]1C. The van der Waals surface area contributed by atoms with E-state index in [0.29, 0.717) is 6.42 Å². The molecule has 0 unspecified atom stereocenters. The van der Waals surface area contributed by atoms with Gasteiger partial charge in [-0.1, -0.05) is 44.2 Å². The van der Waals surface area contributed by atoms with Crippen LogP contribution in [-0.4, -0.2) is 34.5 Å². The second kappa shape index (κ2) is 6.18. The number of hydrogen-bond acceptors (Lipinski definition) is 3. The fourth-order valence-electron chi connectivity index (χ4n) is 2.49. The van der Waals surface area contributed by atoms with E-state index in [0.717, 1.165) is 12.0 Å². The van der Waals surface area contributed by atoms with Gasteiger partial charge in [0.25, 0.3) is 0 Å². The number of aryl methyl sites for hydroxylation is 1. The highest BCUT2D eigenvalue weighted by Crippen LogP contribution is 2.25. The lowest BCUT2D eigenvalue weighted by Crippen LogP contribution is -2.37. The lowest BCUT2D eigenvalue weighted by atomic mass is 10.00. The van der Waals surface area contributed by atoms with Crippen molar-refractivity contribution in [1.29, 1.82) is 0 Å². The number of likely N-dealkylation sites (tertiary alicyclic amines) is 1. The van der Waals surface area contributed by atoms with Crippen LogP contribution < -0.4 is 0 Å². The van der Waals surface area contributed by atoms with Crippen molar-refractivity contribution in [3.63, 3.8) is 0 Å². The highest BCUT2D eigenvalue weighted by atomic mass is 16.3. The van der Waals surface area contributed by atoms with Crippen LogP contribution in [0.15, 0.2) is 30.3 Å². The molecule has 1 fully saturated rings. The number of imide groups is 1. The Hall–Kier alpha value is -1.68. The number of β-amino-alcohol motifs (C(OH)–C–C–N with tert-alkyl or cyclic N) is 1. The zero-order valence-electron chi connectivity index (χ0n) is 12.0. The minimum Gasteiger partial charge on any atom is -0.391 e. The maximum absolute atomic E-state index is 11.9. The molecule has 1 aliphatic rings. The molecule has 4 nitrogen and oxygen atoms in total. The minimum atomic E-state index is -0.666. The normalized spacial score (nSPS) is 24.2. The number of aliphatic hydroxyl groups is 1. The van der Waals surface area contributed by atoms with Crippen LogP contribution in [-0.2, 0) is 16.0 Å². The largest absolute Gasteiger partial charge is 0.391 e. The number of amides is 2. The molecule has 2 amide bonds. The molecule has 20 heavy (non-hydrogen) atoms. The first-order chi connectivity index (χ1) is 9.50. The van der Waals surface area contributed by atoms with E-state index in [9.17, 15) is 14.7 Å². The maximum Gasteiger partial charge on any atom is 0.232 e. The van der Waals surface area contributed by atoms with Crippen molar-refractivity contribution in [3.8, 4) is 0 Å². The molecule has 0 radical (unpaired) electrons. The summed E-state index contributed by atoms with van der Waals surface area (Å²) >= 11 is 0. The van der Waals surface area contributed by atoms with Crippen LogP contribution in [0.1, 0.15) is 25.8 Å². The zero-order valence-corrected chi connectivity index (χ0v) is 12.0. The van der Waals surface area contributed by atoms with E-state index < -0.39 is 6.10 Å². The molecule has 1 aliphatic heterocycles. The molecular formula is C16H21NO3. The summed E-state index contributed by atoms with van der Waals surface area (Å²) < 4.78 is 0. The van der Waals surface area contributed by atoms with Gasteiger partial charge in [-0.15, -0.1) is 0 Å². The average Bonchev–Trinajstić information content (AvgIpc) is 2.64. The third-order valence-electron chi connectivity index (χ3n) is 4.06. The first kappa shape index (κ1) is 14.7. The first-order valence-corrected chi connectivity index (χ1v) is 7.08. The van der Waals surface area contributed by atoms with Gasteiger partial charge in [0.2, 0.25) is 11.8 Å². The number of benzene rings is 1. The summed E-state index contributed by atoms with van der Waals surface area (Å²) in [6.07, 6.45) is 0.619. The average molecular weight is 275 g/mol. The molecule has 1 aromatic rings. The summed E-state index contributed by atoms with van der Waals surface area (Å²) in [7, 11) is 0. The Kier molecular flexibility index (Phi) is 4.55. The Morgan fingerprint density at radius 3 is 2.20 bits per heavy atom. The fraction of sp³-hybridized carbons (Fsp3) is 0.500. The monoisotopic (exact) mass is 275 g/mol. The Morgan fingerprint density at radius 1 is 1.10 bits per heavy atom. The van der Waals surface area contributed by atoms with E-state index in [-0.39, 0.29) is 30.2 Å². The smallest absolute Gasteiger partial charge is 0.232 e. The quantitative estimate of drug-likeness (QED) is 0.831. The molecule has 0 aromatic heterocycles. The van der Waals surface area contributed by atoms with E-state index in [1.165, 1.54) is 4.90 Å². The Labute approximate surface area is 119 Å². The first-order valence-electron chi connectivity index (χ1n) is 7.08. The predicted molar refractivity (Wildman–Crippen MR) is 75.8 cm³/mol. The lowest BCUT2D eigenvalue weighted by Gasteiger charge is -2.19. The van der Waals surface area contributed by atoms with Crippen LogP contribution in [0, 0.1) is 11.8 Å². The van der Waals surface area contributed by atoms with Crippen molar-refractivity contribution in [1.82, 2.24) is 4.90 Å². The van der Waals surface area contributed by atoms with Crippen molar-refractivity contribution in [2.45, 2.75) is 32.8 Å². The van der Waals surface area contributed by atoms with Gasteiger partial charge in [-0.05, 0) is 18.4 Å². The Bertz CT molecular complexity index is 466. The van der Waals surface area contributed by atoms with E-state index in [1.54, 1.807) is 13.8 Å². The molecule has 0 aliphatic carbocycles. The number of hydrogen-bond donors (Lipinski definition) is 1. The summed E-state index contributed by atoms with van der Waals surface area (Å²) in [4.78, 5) is 25.1. The van der Waals surface area contributed by atoms with Gasteiger partial charge in [0, 0.05) is 11.8 Å². The van der Waals surface area contributed by atoms with Crippen LogP contribution in [0.3, 0.4) is 0 Å². The lowest BCUT2D eigenvalue weighted by molar-refractivity contribution is -0.141. The number of carbonyl (C=O) groups excluding carboxylic acids is 2. The summed E-state index contributed by atoms with van der Waals surface area (Å²) in [5.74, 6) is -0.879. The van der Waals surface area contributed by atoms with Crippen molar-refractivity contribution in [2.24, 2.45) is 11.8 Å². The third kappa shape index (κ3) is 3.07. The molecular weight excluding hydrogens is 254 g/mol. The van der Waals surface area contributed by atoms with Gasteiger partial charge < -0.3 is 5.11 Å². The van der Waals surface area contributed by atoms with Gasteiger partial charge in [0.15, 0.2) is 0 Å². The van der Waals surface area contributed by atoms with Gasteiger partial charge in [-0.25, -0.2) is 0 Å². The molecule has 3 atom stereocenters. The molecule has 1 saturated heterocycles. The predicted octanol–water partition coefficient (Wildman–Crippen LogP) is 1.62. The molecule has 1 N–H and O–H groups in total. The van der Waals surface area contributed by atoms with E-state index >= 15 is 0 Å². The standard InChI is InChI=1S/C16H21NO3/c1-11-12(2)16(20)17(15(11)19)10-14(18)9-8-13-6-4-3-5-7-13/h3-7,11-12,14,18H,8-10H2,1-2H3/t11-,12-,14+/m0/s1. The van der Waals surface area contributed by atoms with Crippen LogP contribution >= 0.6 is 0 Å². The number of nitrogens with zero attached hydrogens (tertiary/aromatic N) is 1. The van der Waals surface area contributed by atoms with E-state index in [2.05, 4.69) is 0 Å². The zero-order chi connectivity index (χ0) is 14.7. The number of aliphatic hydroxyl groups excluding tert-OH is 1. The summed E-state index contributed by atoms with van der Waals surface area (Å²) in [6.45, 7) is 3.64. The Morgan fingerprint density at radius 2 is 1.65 bits per heavy atom. The minimum absolute atomic E-state index is 0.110. The van der Waals surface area contributed by atoms with Gasteiger partial charge >= 0.3 is 0 Å². The molecule has 1 heterocycles. The molecule has 1 aromatic carbocycles. The molecule has 0 saturated carbocycles. The molecule has 108 valence electrons. The highest BCUT2D eigenvalue weighted by molar-refractivity contribution is 6.04. The van der Waals surface area contributed by atoms with Gasteiger partial charge in [0.05, 0.1) is 12.6 Å². The Balaban J connectivity index is 1.87.